The molecule has 0 amide bonds. The van der Waals surface area contributed by atoms with Gasteiger partial charge in [-0.25, -0.2) is 0 Å². The maximum absolute atomic E-state index is 5.56. The lowest BCUT2D eigenvalue weighted by atomic mass is 10.4. The lowest BCUT2D eigenvalue weighted by Gasteiger charge is -2.08. The summed E-state index contributed by atoms with van der Waals surface area (Å²) in [6.45, 7) is 5.93. The van der Waals surface area contributed by atoms with E-state index >= 15 is 0 Å². The first-order valence-corrected chi connectivity index (χ1v) is 6.37. The molecule has 0 saturated carbocycles. The second-order valence-corrected chi connectivity index (χ2v) is 4.84. The predicted octanol–water partition coefficient (Wildman–Crippen LogP) is 2.07. The minimum atomic E-state index is -0.505. The van der Waals surface area contributed by atoms with Crippen LogP contribution in [0.2, 0.25) is 12.6 Å². The molecule has 2 nitrogen and oxygen atoms in total. The highest BCUT2D eigenvalue weighted by Gasteiger charge is 2.03. The maximum Gasteiger partial charge on any atom is 0.208 e. The van der Waals surface area contributed by atoms with Crippen LogP contribution < -0.4 is 0 Å². The van der Waals surface area contributed by atoms with E-state index in [9.17, 15) is 0 Å². The van der Waals surface area contributed by atoms with Gasteiger partial charge in [-0.1, -0.05) is 19.8 Å². The molecule has 0 heterocycles. The first kappa shape index (κ1) is 11.1. The van der Waals surface area contributed by atoms with Gasteiger partial charge in [0.2, 0.25) is 9.04 Å². The van der Waals surface area contributed by atoms with Gasteiger partial charge in [0.1, 0.15) is 0 Å². The first-order valence-electron chi connectivity index (χ1n) is 4.25. The zero-order valence-electron chi connectivity index (χ0n) is 7.85. The molecule has 11 heavy (non-hydrogen) atoms. The summed E-state index contributed by atoms with van der Waals surface area (Å²) in [5.41, 5.74) is 0. The van der Waals surface area contributed by atoms with Gasteiger partial charge in [0.25, 0.3) is 0 Å². The summed E-state index contributed by atoms with van der Waals surface area (Å²) in [5, 5.41) is 0. The van der Waals surface area contributed by atoms with E-state index in [2.05, 4.69) is 13.5 Å². The summed E-state index contributed by atoms with van der Waals surface area (Å²) in [6, 6.07) is 1.27. The van der Waals surface area contributed by atoms with Crippen LogP contribution in [0.4, 0.5) is 0 Å². The summed E-state index contributed by atoms with van der Waals surface area (Å²) >= 11 is 0. The molecule has 0 bridgehead atoms. The number of unbranched alkanes of at least 4 members (excludes halogenated alkanes) is 1. The van der Waals surface area contributed by atoms with Gasteiger partial charge in [-0.05, 0) is 12.6 Å². The molecule has 0 aliphatic carbocycles. The topological polar surface area (TPSA) is 18.5 Å². The largest absolute Gasteiger partial charge is 0.415 e. The fourth-order valence-electron chi connectivity index (χ4n) is 0.797. The molecule has 0 aliphatic heterocycles. The van der Waals surface area contributed by atoms with Crippen LogP contribution >= 0.6 is 0 Å². The Labute approximate surface area is 71.6 Å². The molecule has 0 aromatic rings. The van der Waals surface area contributed by atoms with Crippen LogP contribution in [0.3, 0.4) is 0 Å². The molecule has 0 unspecified atom stereocenters. The molecule has 0 fully saturated rings. The van der Waals surface area contributed by atoms with Gasteiger partial charge in [-0.2, -0.15) is 0 Å². The van der Waals surface area contributed by atoms with Crippen molar-refractivity contribution in [3.05, 3.63) is 0 Å². The maximum atomic E-state index is 5.56. The van der Waals surface area contributed by atoms with Crippen molar-refractivity contribution in [3.8, 4) is 0 Å². The molecule has 0 rings (SSSR count). The van der Waals surface area contributed by atoms with Crippen LogP contribution in [0.1, 0.15) is 19.8 Å². The number of hydrogen-bond acceptors (Lipinski definition) is 2. The van der Waals surface area contributed by atoms with Crippen molar-refractivity contribution < 1.29 is 9.16 Å². The van der Waals surface area contributed by atoms with Crippen molar-refractivity contribution in [1.82, 2.24) is 0 Å². The number of rotatable bonds is 7. The fourth-order valence-corrected chi connectivity index (χ4v) is 2.22. The quantitative estimate of drug-likeness (QED) is 0.435. The van der Waals surface area contributed by atoms with Gasteiger partial charge in [0.05, 0.1) is 13.2 Å². The Bertz CT molecular complexity index is 78.5. The Morgan fingerprint density at radius 2 is 2.00 bits per heavy atom. The normalized spacial score (nSPS) is 10.9. The van der Waals surface area contributed by atoms with Crippen molar-refractivity contribution in [1.29, 1.82) is 0 Å². The van der Waals surface area contributed by atoms with Crippen LogP contribution in [0.25, 0.3) is 0 Å². The summed E-state index contributed by atoms with van der Waals surface area (Å²) < 4.78 is 10.4. The first-order chi connectivity index (χ1) is 5.31. The molecule has 0 spiro atoms. The van der Waals surface area contributed by atoms with Crippen molar-refractivity contribution in [3.63, 3.8) is 0 Å². The van der Waals surface area contributed by atoms with Crippen LogP contribution in [0.5, 0.6) is 0 Å². The lowest BCUT2D eigenvalue weighted by Crippen LogP contribution is -2.16. The highest BCUT2D eigenvalue weighted by atomic mass is 28.3. The SMILES string of the molecule is CCCC[Si](C)OCCOC. The Kier molecular flexibility index (Phi) is 8.34. The van der Waals surface area contributed by atoms with E-state index in [0.717, 1.165) is 13.2 Å². The molecule has 0 saturated heterocycles. The minimum absolute atomic E-state index is 0.505. The van der Waals surface area contributed by atoms with E-state index < -0.39 is 9.04 Å². The molecular weight excluding hydrogens is 156 g/mol. The summed E-state index contributed by atoms with van der Waals surface area (Å²) in [6.07, 6.45) is 2.58. The van der Waals surface area contributed by atoms with Crippen molar-refractivity contribution >= 4 is 9.04 Å². The molecule has 0 atom stereocenters. The lowest BCUT2D eigenvalue weighted by molar-refractivity contribution is 0.146. The third-order valence-corrected chi connectivity index (χ3v) is 3.27. The molecule has 0 aromatic carbocycles. The van der Waals surface area contributed by atoms with Crippen molar-refractivity contribution in [2.24, 2.45) is 0 Å². The molecular formula is C8H19O2Si. The Morgan fingerprint density at radius 3 is 2.55 bits per heavy atom. The van der Waals surface area contributed by atoms with Gasteiger partial charge < -0.3 is 9.16 Å². The van der Waals surface area contributed by atoms with Gasteiger partial charge in [-0.3, -0.25) is 0 Å². The van der Waals surface area contributed by atoms with Gasteiger partial charge in [0, 0.05) is 7.11 Å². The summed E-state index contributed by atoms with van der Waals surface area (Å²) in [7, 11) is 1.20. The van der Waals surface area contributed by atoms with E-state index in [-0.39, 0.29) is 0 Å². The summed E-state index contributed by atoms with van der Waals surface area (Å²) in [5.74, 6) is 0. The standard InChI is InChI=1S/C8H19O2Si/c1-4-5-8-11(3)10-7-6-9-2/h4-8H2,1-3H3. The zero-order chi connectivity index (χ0) is 8.53. The van der Waals surface area contributed by atoms with Gasteiger partial charge in [0.15, 0.2) is 0 Å². The monoisotopic (exact) mass is 175 g/mol. The second kappa shape index (κ2) is 8.24. The molecule has 0 aromatic heterocycles. The van der Waals surface area contributed by atoms with E-state index in [4.69, 9.17) is 9.16 Å². The van der Waals surface area contributed by atoms with E-state index in [1.54, 1.807) is 7.11 Å². The van der Waals surface area contributed by atoms with Crippen LogP contribution in [-0.4, -0.2) is 29.4 Å². The van der Waals surface area contributed by atoms with E-state index in [0.29, 0.717) is 0 Å². The minimum Gasteiger partial charge on any atom is -0.415 e. The Hall–Kier alpha value is 0.137. The second-order valence-electron chi connectivity index (χ2n) is 2.65. The summed E-state index contributed by atoms with van der Waals surface area (Å²) in [4.78, 5) is 0. The molecule has 67 valence electrons. The van der Waals surface area contributed by atoms with Crippen molar-refractivity contribution in [2.45, 2.75) is 32.4 Å². The third kappa shape index (κ3) is 8.04. The van der Waals surface area contributed by atoms with Gasteiger partial charge >= 0.3 is 0 Å². The number of methoxy groups -OCH3 is 1. The number of ether oxygens (including phenoxy) is 1. The zero-order valence-corrected chi connectivity index (χ0v) is 8.85. The highest BCUT2D eigenvalue weighted by molar-refractivity contribution is 6.50. The smallest absolute Gasteiger partial charge is 0.208 e. The average Bonchev–Trinajstić information content (AvgIpc) is 2.01. The molecule has 0 N–H and O–H groups in total. The van der Waals surface area contributed by atoms with Crippen LogP contribution in [0.15, 0.2) is 0 Å². The molecule has 3 heteroatoms. The Morgan fingerprint density at radius 1 is 1.27 bits per heavy atom. The average molecular weight is 175 g/mol. The van der Waals surface area contributed by atoms with Crippen LogP contribution in [0, 0.1) is 0 Å². The Balaban J connectivity index is 3.02. The van der Waals surface area contributed by atoms with E-state index in [1.807, 2.05) is 0 Å². The molecule has 0 aliphatic rings. The highest BCUT2D eigenvalue weighted by Crippen LogP contribution is 2.01. The van der Waals surface area contributed by atoms with Crippen LogP contribution in [-0.2, 0) is 9.16 Å². The van der Waals surface area contributed by atoms with Crippen molar-refractivity contribution in [2.75, 3.05) is 20.3 Å². The third-order valence-electron chi connectivity index (χ3n) is 1.52. The number of hydrogen-bond donors (Lipinski definition) is 0. The predicted molar refractivity (Wildman–Crippen MR) is 49.2 cm³/mol. The van der Waals surface area contributed by atoms with Gasteiger partial charge in [-0.15, -0.1) is 0 Å². The fraction of sp³-hybridized carbons (Fsp3) is 1.00. The van der Waals surface area contributed by atoms with E-state index in [1.165, 1.54) is 18.9 Å². The molecule has 1 radical (unpaired) electrons.